The zero-order valence-corrected chi connectivity index (χ0v) is 33.0. The minimum Gasteiger partial charge on any atom is -0.356 e. The Morgan fingerprint density at radius 3 is 0.732 bits per heavy atom. The number of thioether (sulfide) groups is 8. The van der Waals surface area contributed by atoms with Gasteiger partial charge < -0.3 is 29.9 Å². The van der Waals surface area contributed by atoms with Crippen molar-refractivity contribution >= 4 is 136 Å². The van der Waals surface area contributed by atoms with Gasteiger partial charge >= 0.3 is 19.5 Å². The number of hydrogen-bond donors (Lipinski definition) is 0. The molecule has 41 heavy (non-hydrogen) atoms. The predicted octanol–water partition coefficient (Wildman–Crippen LogP) is 7.14. The Labute approximate surface area is 285 Å². The molecule has 3 aromatic heterocycles. The van der Waals surface area contributed by atoms with Crippen molar-refractivity contribution in [3.63, 3.8) is 0 Å². The fraction of sp³-hybridized carbons (Fsp3) is 0.333. The Morgan fingerprint density at radius 1 is 0.341 bits per heavy atom. The molecule has 8 bridgehead atoms. The van der Waals surface area contributed by atoms with Crippen molar-refractivity contribution in [1.29, 1.82) is 0 Å². The molecule has 2 aliphatic heterocycles. The monoisotopic (exact) mass is 744 g/mol. The summed E-state index contributed by atoms with van der Waals surface area (Å²) in [5.74, 6) is 2.41. The second-order valence-electron chi connectivity index (χ2n) is 7.75. The Kier molecular flexibility index (Phi) is 12.0. The smallest absolute Gasteiger partial charge is 0.356 e. The van der Waals surface area contributed by atoms with E-state index in [0.29, 0.717) is 45.9 Å². The van der Waals surface area contributed by atoms with Crippen molar-refractivity contribution in [2.45, 2.75) is 19.6 Å². The standard InChI is InChI=1S/C24H24N8S8.Zn/c1-33-9-10(34-2)18-25-17(9)29-19-11(35-3)12(36-4)21(26-19)31-23-15(39-7)16(40-8)24(28-23)32-22-14(38-6)13(37-5)20(27-22)30-18;/h1-8H3;/q-2;+2. The second-order valence-corrected chi connectivity index (χ2v) is 14.3. The Bertz CT molecular complexity index is 1480. The SMILES string of the molecule is CSC1=C(SC)c2nc1nc1[n-]c(nc3nc(nc4[n-]c(n2)c(SC)c4SC)C(SC)=C3SC)c(SC)c1SC.[Zn+2]. The first-order chi connectivity index (χ1) is 19.5. The van der Waals surface area contributed by atoms with E-state index in [1.165, 1.54) is 0 Å². The molecule has 0 unspecified atom stereocenters. The van der Waals surface area contributed by atoms with E-state index in [1.807, 2.05) is 50.0 Å². The van der Waals surface area contributed by atoms with E-state index in [1.54, 1.807) is 94.1 Å². The molecular weight excluding hydrogens is 722 g/mol. The summed E-state index contributed by atoms with van der Waals surface area (Å²) in [5.41, 5.74) is 2.41. The fourth-order valence-corrected chi connectivity index (χ4v) is 10.5. The molecule has 0 spiro atoms. The van der Waals surface area contributed by atoms with Crippen molar-refractivity contribution in [2.75, 3.05) is 50.0 Å². The van der Waals surface area contributed by atoms with Gasteiger partial charge in [0.05, 0.1) is 42.9 Å². The molecule has 2 aliphatic rings. The quantitative estimate of drug-likeness (QED) is 0.172. The largest absolute Gasteiger partial charge is 2.00 e. The number of rotatable bonds is 8. The van der Waals surface area contributed by atoms with Crippen molar-refractivity contribution < 1.29 is 19.5 Å². The Balaban J connectivity index is 0.00000387. The van der Waals surface area contributed by atoms with Crippen LogP contribution in [0.4, 0.5) is 0 Å². The molecule has 0 fully saturated rings. The zero-order chi connectivity index (χ0) is 28.6. The van der Waals surface area contributed by atoms with Crippen molar-refractivity contribution in [3.8, 4) is 0 Å². The van der Waals surface area contributed by atoms with Gasteiger partial charge in [-0.3, -0.25) is 0 Å². The maximum absolute atomic E-state index is 4.99. The van der Waals surface area contributed by atoms with Gasteiger partial charge in [-0.25, -0.2) is 9.97 Å². The summed E-state index contributed by atoms with van der Waals surface area (Å²) >= 11 is 12.9. The van der Waals surface area contributed by atoms with Gasteiger partial charge in [-0.05, 0) is 50.0 Å². The van der Waals surface area contributed by atoms with Gasteiger partial charge in [-0.15, -0.1) is 94.1 Å². The summed E-state index contributed by atoms with van der Waals surface area (Å²) in [6.07, 6.45) is 16.3. The van der Waals surface area contributed by atoms with Gasteiger partial charge in [-0.1, -0.05) is 0 Å². The number of nitrogens with zero attached hydrogens (tertiary/aromatic N) is 8. The van der Waals surface area contributed by atoms with Crippen LogP contribution in [0.1, 0.15) is 23.3 Å². The summed E-state index contributed by atoms with van der Waals surface area (Å²) < 4.78 is 0. The summed E-state index contributed by atoms with van der Waals surface area (Å²) in [5, 5.41) is 0. The summed E-state index contributed by atoms with van der Waals surface area (Å²) in [6.45, 7) is 0. The zero-order valence-electron chi connectivity index (χ0n) is 23.6. The maximum atomic E-state index is 4.99. The molecule has 5 rings (SSSR count). The molecule has 210 valence electrons. The van der Waals surface area contributed by atoms with Gasteiger partial charge in [0.15, 0.2) is 0 Å². The van der Waals surface area contributed by atoms with E-state index in [0.717, 1.165) is 39.2 Å². The van der Waals surface area contributed by atoms with Gasteiger partial charge in [0.25, 0.3) is 0 Å². The normalized spacial score (nSPS) is 13.3. The molecule has 0 radical (unpaired) electrons. The third-order valence-electron chi connectivity index (χ3n) is 5.78. The topological polar surface area (TPSA) is 106 Å². The minimum absolute atomic E-state index is 0. The van der Waals surface area contributed by atoms with E-state index in [2.05, 4.69) is 0 Å². The summed E-state index contributed by atoms with van der Waals surface area (Å²) in [7, 11) is 0. The van der Waals surface area contributed by atoms with E-state index >= 15 is 0 Å². The third kappa shape index (κ3) is 6.18. The Morgan fingerprint density at radius 2 is 0.561 bits per heavy atom. The number of aromatic nitrogens is 8. The van der Waals surface area contributed by atoms with Gasteiger partial charge in [0.2, 0.25) is 0 Å². The molecule has 0 aliphatic carbocycles. The van der Waals surface area contributed by atoms with Gasteiger partial charge in [-0.2, -0.15) is 0 Å². The molecular formula is C24H24N8S8Zn. The van der Waals surface area contributed by atoms with Crippen LogP contribution in [0, 0.1) is 0 Å². The molecule has 5 heterocycles. The average molecular weight is 746 g/mol. The van der Waals surface area contributed by atoms with Crippen molar-refractivity contribution in [2.24, 2.45) is 0 Å². The minimum atomic E-state index is 0. The molecule has 0 saturated heterocycles. The molecule has 0 aromatic carbocycles. The van der Waals surface area contributed by atoms with E-state index in [9.17, 15) is 0 Å². The fourth-order valence-electron chi connectivity index (χ4n) is 4.10. The van der Waals surface area contributed by atoms with Crippen molar-refractivity contribution in [3.05, 3.63) is 23.3 Å². The third-order valence-corrected chi connectivity index (χ3v) is 12.7. The van der Waals surface area contributed by atoms with Gasteiger partial charge in [0.1, 0.15) is 0 Å². The second kappa shape index (κ2) is 14.7. The van der Waals surface area contributed by atoms with Crippen LogP contribution in [-0.2, 0) is 19.5 Å². The maximum Gasteiger partial charge on any atom is 2.00 e. The van der Waals surface area contributed by atoms with E-state index in [-0.39, 0.29) is 19.5 Å². The molecule has 3 aromatic rings. The van der Waals surface area contributed by atoms with E-state index in [4.69, 9.17) is 39.9 Å². The van der Waals surface area contributed by atoms with Crippen LogP contribution in [0.2, 0.25) is 0 Å². The van der Waals surface area contributed by atoms with Gasteiger partial charge in [0, 0.05) is 42.2 Å². The number of hydrogen-bond acceptors (Lipinski definition) is 14. The van der Waals surface area contributed by atoms with Crippen LogP contribution in [0.5, 0.6) is 0 Å². The van der Waals surface area contributed by atoms with Crippen LogP contribution in [-0.4, -0.2) is 80.0 Å². The summed E-state index contributed by atoms with van der Waals surface area (Å²) in [6, 6.07) is 0. The molecule has 0 amide bonds. The van der Waals surface area contributed by atoms with Crippen LogP contribution < -0.4 is 9.97 Å². The van der Waals surface area contributed by atoms with Crippen LogP contribution in [0.3, 0.4) is 0 Å². The molecule has 8 nitrogen and oxygen atoms in total. The first kappa shape index (κ1) is 33.6. The Hall–Kier alpha value is -0.257. The first-order valence-corrected chi connectivity index (χ1v) is 21.3. The van der Waals surface area contributed by atoms with Crippen LogP contribution in [0.15, 0.2) is 19.6 Å². The molecule has 17 heteroatoms. The van der Waals surface area contributed by atoms with Crippen LogP contribution >= 0.6 is 94.1 Å². The first-order valence-electron chi connectivity index (χ1n) is 11.5. The molecule has 0 N–H and O–H groups in total. The van der Waals surface area contributed by atoms with Crippen LogP contribution in [0.25, 0.3) is 42.2 Å². The molecule has 0 saturated carbocycles. The molecule has 0 atom stereocenters. The summed E-state index contributed by atoms with van der Waals surface area (Å²) in [4.78, 5) is 47.4. The number of fused-ring (bicyclic) bond motifs is 8. The van der Waals surface area contributed by atoms with Crippen molar-refractivity contribution in [1.82, 2.24) is 39.9 Å². The predicted molar refractivity (Wildman–Crippen MR) is 185 cm³/mol. The average Bonchev–Trinajstić information content (AvgIpc) is 3.67. The van der Waals surface area contributed by atoms with E-state index < -0.39 is 0 Å².